The molecule has 284 valence electrons. The minimum atomic E-state index is -1.33. The molecule has 3 aliphatic rings. The van der Waals surface area contributed by atoms with E-state index in [-0.39, 0.29) is 50.1 Å². The second-order valence-electron chi connectivity index (χ2n) is 13.4. The van der Waals surface area contributed by atoms with Crippen LogP contribution in [0.25, 0.3) is 0 Å². The second-order valence-corrected chi connectivity index (χ2v) is 14.9. The van der Waals surface area contributed by atoms with Gasteiger partial charge in [0, 0.05) is 48.8 Å². The molecule has 0 bridgehead atoms. The fourth-order valence-electron chi connectivity index (χ4n) is 8.12. The lowest BCUT2D eigenvalue weighted by Crippen LogP contribution is -2.69. The number of oxime groups is 1. The summed E-state index contributed by atoms with van der Waals surface area (Å²) in [6, 6.07) is 15.6. The Balaban J connectivity index is 1.63. The van der Waals surface area contributed by atoms with E-state index in [0.717, 1.165) is 54.0 Å². The van der Waals surface area contributed by atoms with Gasteiger partial charge in [0.15, 0.2) is 0 Å². The molecule has 2 N–H and O–H groups in total. The molecule has 5 rings (SSSR count). The predicted molar refractivity (Wildman–Crippen MR) is 204 cm³/mol. The number of fused-ring (bicyclic) bond motifs is 2. The zero-order valence-corrected chi connectivity index (χ0v) is 31.9. The van der Waals surface area contributed by atoms with Crippen molar-refractivity contribution in [2.24, 2.45) is 22.9 Å². The number of aliphatic hydroxyl groups excluding tert-OH is 2. The molecule has 12 heteroatoms. The van der Waals surface area contributed by atoms with Gasteiger partial charge in [-0.2, -0.15) is 0 Å². The highest BCUT2D eigenvalue weighted by molar-refractivity contribution is 7.99. The molecule has 6 atom stereocenters. The highest BCUT2D eigenvalue weighted by Crippen LogP contribution is 2.61. The topological polar surface area (TPSA) is 119 Å². The third kappa shape index (κ3) is 9.10. The number of alkyl halides is 1. The normalized spacial score (nSPS) is 25.3. The van der Waals surface area contributed by atoms with E-state index >= 15 is 0 Å². The van der Waals surface area contributed by atoms with Gasteiger partial charge in [-0.05, 0) is 73.4 Å². The Bertz CT molecular complexity index is 1530. The van der Waals surface area contributed by atoms with Crippen molar-refractivity contribution >= 4 is 35.2 Å². The number of carbonyl (C=O) groups is 1. The van der Waals surface area contributed by atoms with Crippen LogP contribution in [-0.2, 0) is 14.3 Å². The lowest BCUT2D eigenvalue weighted by Gasteiger charge is -2.59. The average molecular weight is 757 g/mol. The number of hydrogen-bond donors (Lipinski definition) is 2. The van der Waals surface area contributed by atoms with Crippen molar-refractivity contribution in [2.45, 2.75) is 67.6 Å². The molecule has 2 aromatic carbocycles. The van der Waals surface area contributed by atoms with Crippen LogP contribution in [0.2, 0.25) is 0 Å². The number of carbonyl (C=O) groups excluding carboxylic acids is 1. The van der Waals surface area contributed by atoms with Gasteiger partial charge in [-0.25, -0.2) is 4.79 Å². The molecule has 0 radical (unpaired) electrons. The van der Waals surface area contributed by atoms with E-state index in [0.29, 0.717) is 31.6 Å². The number of amides is 1. The Morgan fingerprint density at radius 2 is 1.88 bits per heavy atom. The van der Waals surface area contributed by atoms with Gasteiger partial charge < -0.3 is 38.9 Å². The molecule has 0 aromatic heterocycles. The molecule has 0 saturated heterocycles. The van der Waals surface area contributed by atoms with E-state index in [1.54, 1.807) is 24.9 Å². The zero-order chi connectivity index (χ0) is 36.9. The van der Waals surface area contributed by atoms with E-state index in [1.807, 2.05) is 30.3 Å². The number of thioether (sulfide) groups is 1. The molecular formula is C40H53ClN2O8S. The molecule has 2 aromatic rings. The van der Waals surface area contributed by atoms with Crippen molar-refractivity contribution in [1.82, 2.24) is 4.90 Å². The molecule has 10 nitrogen and oxygen atoms in total. The number of aliphatic hydroxyl groups is 2. The summed E-state index contributed by atoms with van der Waals surface area (Å²) in [5, 5.41) is 24.1. The van der Waals surface area contributed by atoms with Gasteiger partial charge in [-0.1, -0.05) is 48.3 Å². The van der Waals surface area contributed by atoms with Crippen LogP contribution in [0.4, 0.5) is 4.79 Å². The summed E-state index contributed by atoms with van der Waals surface area (Å²) in [5.74, 6) is 0.766. The standard InChI is InChI=1S/C40H53ClN2O8S/c1-4-21-50-40-36(43(2)39(46)49-22-18-41)27-34(42-47-3)32-25-28(12-8-10-19-44)31(15-9-11-20-45)37(38(32)40)33-26-29(16-17-35(33)51-40)48-23-24-52-30-13-6-5-7-14-30/h4-7,13-14,16-17,25-26,28,31,36-38,44-45H,1,8-12,15,18-24,27H2,2-3H3/t28-,31+,36-,37+,38+,40+/m0/s1. The lowest BCUT2D eigenvalue weighted by atomic mass is 9.55. The second kappa shape index (κ2) is 19.7. The number of unbranched alkanes of at least 4 members (excludes halogenated alkanes) is 2. The van der Waals surface area contributed by atoms with Crippen LogP contribution in [0.3, 0.4) is 0 Å². The lowest BCUT2D eigenvalue weighted by molar-refractivity contribution is -0.253. The van der Waals surface area contributed by atoms with E-state index in [2.05, 4.69) is 36.0 Å². The Kier molecular flexibility index (Phi) is 15.2. The van der Waals surface area contributed by atoms with Crippen LogP contribution in [0, 0.1) is 17.8 Å². The summed E-state index contributed by atoms with van der Waals surface area (Å²) < 4.78 is 25.8. The van der Waals surface area contributed by atoms with Crippen molar-refractivity contribution in [2.75, 3.05) is 58.8 Å². The summed E-state index contributed by atoms with van der Waals surface area (Å²) in [6.07, 6.45) is 8.55. The van der Waals surface area contributed by atoms with Crippen molar-refractivity contribution in [3.8, 4) is 11.5 Å². The molecular weight excluding hydrogens is 704 g/mol. The molecule has 0 spiro atoms. The number of rotatable bonds is 20. The van der Waals surface area contributed by atoms with Crippen LogP contribution < -0.4 is 9.47 Å². The SMILES string of the molecule is C=CCO[C@@]12Oc3ccc(OCCSc4ccccc4)cc3[C@H]3[C@H](CCCCO)[C@@H](CCCCO)C=C(C(=NOC)C[C@@H]1N(C)C(=O)OCCCl)[C@H]32. The number of nitrogens with zero attached hydrogens (tertiary/aromatic N) is 2. The molecule has 1 fully saturated rings. The Labute approximate surface area is 317 Å². The summed E-state index contributed by atoms with van der Waals surface area (Å²) in [7, 11) is 3.22. The Morgan fingerprint density at radius 1 is 1.12 bits per heavy atom. The van der Waals surface area contributed by atoms with Gasteiger partial charge in [0.25, 0.3) is 0 Å². The van der Waals surface area contributed by atoms with Gasteiger partial charge in [0.1, 0.15) is 31.3 Å². The number of ether oxygens (including phenoxy) is 4. The summed E-state index contributed by atoms with van der Waals surface area (Å²) >= 11 is 7.64. The number of allylic oxidation sites excluding steroid dienone is 1. The molecule has 1 amide bonds. The van der Waals surface area contributed by atoms with Crippen molar-refractivity contribution < 1.29 is 38.8 Å². The maximum atomic E-state index is 13.5. The van der Waals surface area contributed by atoms with Gasteiger partial charge in [0.2, 0.25) is 5.79 Å². The molecule has 52 heavy (non-hydrogen) atoms. The van der Waals surface area contributed by atoms with Gasteiger partial charge in [0.05, 0.1) is 30.7 Å². The van der Waals surface area contributed by atoms with Crippen molar-refractivity contribution in [3.05, 3.63) is 78.4 Å². The third-order valence-corrected chi connectivity index (χ3v) is 11.4. The van der Waals surface area contributed by atoms with E-state index in [4.69, 9.17) is 35.4 Å². The van der Waals surface area contributed by atoms with Crippen LogP contribution in [0.1, 0.15) is 56.4 Å². The molecule has 2 aliphatic carbocycles. The van der Waals surface area contributed by atoms with Crippen LogP contribution >= 0.6 is 23.4 Å². The first kappa shape index (κ1) is 40.0. The van der Waals surface area contributed by atoms with Crippen molar-refractivity contribution in [3.63, 3.8) is 0 Å². The number of benzene rings is 2. The molecule has 0 unspecified atom stereocenters. The van der Waals surface area contributed by atoms with Crippen LogP contribution in [0.5, 0.6) is 11.5 Å². The first-order chi connectivity index (χ1) is 25.4. The Hall–Kier alpha value is -3.22. The summed E-state index contributed by atoms with van der Waals surface area (Å²) in [6.45, 7) is 4.96. The number of hydrogen-bond acceptors (Lipinski definition) is 10. The largest absolute Gasteiger partial charge is 0.493 e. The smallest absolute Gasteiger partial charge is 0.410 e. The maximum absolute atomic E-state index is 13.5. The highest BCUT2D eigenvalue weighted by Gasteiger charge is 2.65. The van der Waals surface area contributed by atoms with Gasteiger partial charge in [-0.3, -0.25) is 0 Å². The minimum absolute atomic E-state index is 0.0625. The van der Waals surface area contributed by atoms with E-state index in [1.165, 1.54) is 16.9 Å². The zero-order valence-electron chi connectivity index (χ0n) is 30.3. The molecule has 1 saturated carbocycles. The molecule has 1 aliphatic heterocycles. The third-order valence-electron chi connectivity index (χ3n) is 10.3. The van der Waals surface area contributed by atoms with Crippen LogP contribution in [0.15, 0.2) is 82.9 Å². The number of likely N-dealkylation sites (N-methyl/N-ethyl adjacent to an activating group) is 1. The Morgan fingerprint density at radius 3 is 2.60 bits per heavy atom. The fraction of sp³-hybridized carbons (Fsp3) is 0.550. The molecule has 1 heterocycles. The first-order valence-electron chi connectivity index (χ1n) is 18.3. The summed E-state index contributed by atoms with van der Waals surface area (Å²) in [5.41, 5.74) is 2.70. The van der Waals surface area contributed by atoms with Gasteiger partial charge >= 0.3 is 6.09 Å². The van der Waals surface area contributed by atoms with E-state index < -0.39 is 23.8 Å². The monoisotopic (exact) mass is 756 g/mol. The number of halogens is 1. The fourth-order valence-corrected chi connectivity index (χ4v) is 8.95. The summed E-state index contributed by atoms with van der Waals surface area (Å²) in [4.78, 5) is 21.7. The van der Waals surface area contributed by atoms with Gasteiger partial charge in [-0.15, -0.1) is 29.9 Å². The maximum Gasteiger partial charge on any atom is 0.410 e. The average Bonchev–Trinajstić information content (AvgIpc) is 3.16. The quantitative estimate of drug-likeness (QED) is 0.0468. The first-order valence-corrected chi connectivity index (χ1v) is 19.8. The van der Waals surface area contributed by atoms with Crippen molar-refractivity contribution in [1.29, 1.82) is 0 Å². The predicted octanol–water partition coefficient (Wildman–Crippen LogP) is 7.43. The van der Waals surface area contributed by atoms with E-state index in [9.17, 15) is 15.0 Å². The van der Waals surface area contributed by atoms with Crippen LogP contribution in [-0.4, -0.2) is 97.6 Å². The highest BCUT2D eigenvalue weighted by atomic mass is 35.5. The minimum Gasteiger partial charge on any atom is -0.493 e.